The molecule has 3 rings (SSSR count). The van der Waals surface area contributed by atoms with E-state index in [1.165, 1.54) is 17.0 Å². The zero-order chi connectivity index (χ0) is 18.2. The number of fused-ring (bicyclic) bond motifs is 1. The summed E-state index contributed by atoms with van der Waals surface area (Å²) in [5.41, 5.74) is 1.60. The first-order valence-corrected chi connectivity index (χ1v) is 8.29. The van der Waals surface area contributed by atoms with E-state index in [9.17, 15) is 13.6 Å². The molecule has 2 aromatic rings. The summed E-state index contributed by atoms with van der Waals surface area (Å²) < 4.78 is 33.9. The fraction of sp³-hybridized carbons (Fsp3) is 0.350. The molecule has 25 heavy (non-hydrogen) atoms. The second-order valence-corrected chi connectivity index (χ2v) is 7.18. The third-order valence-corrected chi connectivity index (χ3v) is 4.17. The average molecular weight is 345 g/mol. The van der Waals surface area contributed by atoms with Crippen molar-refractivity contribution in [2.75, 3.05) is 6.54 Å². The van der Waals surface area contributed by atoms with Gasteiger partial charge in [0.2, 0.25) is 0 Å². The fourth-order valence-corrected chi connectivity index (χ4v) is 3.05. The number of halogens is 2. The van der Waals surface area contributed by atoms with Gasteiger partial charge in [-0.3, -0.25) is 0 Å². The number of rotatable bonds is 1. The van der Waals surface area contributed by atoms with Gasteiger partial charge in [-0.05, 0) is 56.0 Å². The lowest BCUT2D eigenvalue weighted by molar-refractivity contribution is 0.0223. The Kier molecular flexibility index (Phi) is 4.50. The zero-order valence-corrected chi connectivity index (χ0v) is 14.6. The second-order valence-electron chi connectivity index (χ2n) is 7.18. The number of ether oxygens (including phenoxy) is 1. The molecule has 1 aliphatic heterocycles. The van der Waals surface area contributed by atoms with Crippen LogP contribution < -0.4 is 0 Å². The van der Waals surface area contributed by atoms with E-state index in [1.54, 1.807) is 45.0 Å². The maximum absolute atomic E-state index is 14.2. The van der Waals surface area contributed by atoms with Gasteiger partial charge < -0.3 is 9.64 Å². The van der Waals surface area contributed by atoms with Gasteiger partial charge in [0.1, 0.15) is 17.2 Å². The van der Waals surface area contributed by atoms with Crippen molar-refractivity contribution in [3.63, 3.8) is 0 Å². The lowest BCUT2D eigenvalue weighted by Crippen LogP contribution is -2.40. The molecule has 1 heterocycles. The van der Waals surface area contributed by atoms with Gasteiger partial charge >= 0.3 is 6.09 Å². The van der Waals surface area contributed by atoms with Crippen LogP contribution in [0.5, 0.6) is 0 Å². The lowest BCUT2D eigenvalue weighted by Gasteiger charge is -2.32. The van der Waals surface area contributed by atoms with Crippen LogP contribution in [0.1, 0.15) is 31.9 Å². The van der Waals surface area contributed by atoms with E-state index in [1.807, 2.05) is 0 Å². The first kappa shape index (κ1) is 17.4. The Morgan fingerprint density at radius 2 is 1.72 bits per heavy atom. The fourth-order valence-electron chi connectivity index (χ4n) is 3.05. The highest BCUT2D eigenvalue weighted by atomic mass is 19.1. The molecule has 0 N–H and O–H groups in total. The van der Waals surface area contributed by atoms with Crippen LogP contribution in [-0.2, 0) is 17.7 Å². The molecule has 1 amide bonds. The third-order valence-electron chi connectivity index (χ3n) is 4.17. The summed E-state index contributed by atoms with van der Waals surface area (Å²) in [5, 5.41) is 0. The van der Waals surface area contributed by atoms with Crippen LogP contribution in [0.15, 0.2) is 36.4 Å². The Hall–Kier alpha value is -2.43. The molecule has 0 spiro atoms. The maximum atomic E-state index is 14.2. The molecule has 0 unspecified atom stereocenters. The van der Waals surface area contributed by atoms with Gasteiger partial charge in [-0.2, -0.15) is 0 Å². The smallest absolute Gasteiger partial charge is 0.410 e. The van der Waals surface area contributed by atoms with Crippen molar-refractivity contribution in [1.29, 1.82) is 0 Å². The van der Waals surface area contributed by atoms with E-state index in [0.717, 1.165) is 0 Å². The van der Waals surface area contributed by atoms with Crippen molar-refractivity contribution in [3.05, 3.63) is 59.2 Å². The molecule has 0 atom stereocenters. The van der Waals surface area contributed by atoms with Gasteiger partial charge in [0.05, 0.1) is 0 Å². The molecule has 3 nitrogen and oxygen atoms in total. The molecule has 2 aromatic carbocycles. The Labute approximate surface area is 146 Å². The molecule has 132 valence electrons. The Morgan fingerprint density at radius 3 is 2.40 bits per heavy atom. The van der Waals surface area contributed by atoms with Gasteiger partial charge in [0.15, 0.2) is 0 Å². The molecular weight excluding hydrogens is 324 g/mol. The van der Waals surface area contributed by atoms with Crippen molar-refractivity contribution >= 4 is 6.09 Å². The molecule has 0 aromatic heterocycles. The number of benzene rings is 2. The summed E-state index contributed by atoms with van der Waals surface area (Å²) >= 11 is 0. The maximum Gasteiger partial charge on any atom is 0.410 e. The number of nitrogens with zero attached hydrogens (tertiary/aromatic N) is 1. The average Bonchev–Trinajstić information content (AvgIpc) is 2.54. The van der Waals surface area contributed by atoms with E-state index >= 15 is 0 Å². The van der Waals surface area contributed by atoms with Crippen LogP contribution in [0, 0.1) is 11.6 Å². The van der Waals surface area contributed by atoms with Crippen LogP contribution in [0.4, 0.5) is 13.6 Å². The van der Waals surface area contributed by atoms with Crippen LogP contribution in [0.3, 0.4) is 0 Å². The minimum atomic E-state index is -0.604. The van der Waals surface area contributed by atoms with Crippen LogP contribution >= 0.6 is 0 Å². The molecule has 5 heteroatoms. The number of hydrogen-bond donors (Lipinski definition) is 0. The summed E-state index contributed by atoms with van der Waals surface area (Å²) in [6, 6.07) is 9.33. The van der Waals surface area contributed by atoms with Gasteiger partial charge in [0.25, 0.3) is 0 Å². The van der Waals surface area contributed by atoms with E-state index in [4.69, 9.17) is 4.74 Å². The second kappa shape index (κ2) is 6.47. The number of carbonyl (C=O) groups is 1. The summed E-state index contributed by atoms with van der Waals surface area (Å²) in [7, 11) is 0. The van der Waals surface area contributed by atoms with Gasteiger partial charge in [0, 0.05) is 18.7 Å². The summed E-state index contributed by atoms with van der Waals surface area (Å²) in [6.07, 6.45) is -0.0650. The van der Waals surface area contributed by atoms with E-state index in [-0.39, 0.29) is 18.2 Å². The molecule has 0 fully saturated rings. The summed E-state index contributed by atoms with van der Waals surface area (Å²) in [4.78, 5) is 13.9. The highest BCUT2D eigenvalue weighted by molar-refractivity contribution is 5.73. The van der Waals surface area contributed by atoms with E-state index in [2.05, 4.69) is 0 Å². The molecule has 1 aliphatic rings. The first-order chi connectivity index (χ1) is 11.8. The van der Waals surface area contributed by atoms with Crippen LogP contribution in [0.2, 0.25) is 0 Å². The SMILES string of the molecule is CC(C)(C)OC(=O)N1CCc2c(F)ccc(-c3ccccc3F)c2C1. The highest BCUT2D eigenvalue weighted by Gasteiger charge is 2.29. The number of carbonyl (C=O) groups excluding carboxylic acids is 1. The largest absolute Gasteiger partial charge is 0.444 e. The normalized spacial score (nSPS) is 14.2. The van der Waals surface area contributed by atoms with Gasteiger partial charge in [-0.25, -0.2) is 13.6 Å². The molecule has 0 aliphatic carbocycles. The molecule has 0 saturated heterocycles. The van der Waals surface area contributed by atoms with Crippen molar-refractivity contribution < 1.29 is 18.3 Å². The van der Waals surface area contributed by atoms with Crippen LogP contribution in [-0.4, -0.2) is 23.1 Å². The highest BCUT2D eigenvalue weighted by Crippen LogP contribution is 2.33. The van der Waals surface area contributed by atoms with Gasteiger partial charge in [-0.15, -0.1) is 0 Å². The van der Waals surface area contributed by atoms with Gasteiger partial charge in [-0.1, -0.05) is 24.3 Å². The van der Waals surface area contributed by atoms with E-state index < -0.39 is 11.7 Å². The molecule has 0 radical (unpaired) electrons. The molecule has 0 saturated carbocycles. The van der Waals surface area contributed by atoms with Crippen molar-refractivity contribution in [2.24, 2.45) is 0 Å². The van der Waals surface area contributed by atoms with Crippen LogP contribution in [0.25, 0.3) is 11.1 Å². The Morgan fingerprint density at radius 1 is 1.00 bits per heavy atom. The standard InChI is InChI=1S/C20H21F2NO2/c1-20(2,3)25-19(24)23-11-10-15-16(12-23)13(8-9-18(15)22)14-6-4-5-7-17(14)21/h4-9H,10-12H2,1-3H3. The monoisotopic (exact) mass is 345 g/mol. The topological polar surface area (TPSA) is 29.5 Å². The molecular formula is C20H21F2NO2. The third kappa shape index (κ3) is 3.65. The quantitative estimate of drug-likeness (QED) is 0.734. The van der Waals surface area contributed by atoms with Crippen molar-refractivity contribution in [3.8, 4) is 11.1 Å². The van der Waals surface area contributed by atoms with E-state index in [0.29, 0.717) is 35.2 Å². The summed E-state index contributed by atoms with van der Waals surface area (Å²) in [6.45, 7) is 5.97. The number of amides is 1. The Balaban J connectivity index is 1.99. The first-order valence-electron chi connectivity index (χ1n) is 8.29. The predicted octanol–water partition coefficient (Wildman–Crippen LogP) is 4.93. The zero-order valence-electron chi connectivity index (χ0n) is 14.6. The predicted molar refractivity (Wildman–Crippen MR) is 92.1 cm³/mol. The van der Waals surface area contributed by atoms with Crippen molar-refractivity contribution in [1.82, 2.24) is 4.90 Å². The number of hydrogen-bond acceptors (Lipinski definition) is 2. The minimum Gasteiger partial charge on any atom is -0.444 e. The summed E-state index contributed by atoms with van der Waals surface area (Å²) in [5.74, 6) is -0.690. The van der Waals surface area contributed by atoms with Crippen molar-refractivity contribution in [2.45, 2.75) is 39.3 Å². The lowest BCUT2D eigenvalue weighted by atomic mass is 9.90. The Bertz CT molecular complexity index is 812. The molecule has 0 bridgehead atoms. The minimum absolute atomic E-state index is 0.200.